The van der Waals surface area contributed by atoms with Gasteiger partial charge >= 0.3 is 0 Å². The van der Waals surface area contributed by atoms with Crippen molar-refractivity contribution in [1.29, 1.82) is 0 Å². The molecule has 216 valence electrons. The molecule has 42 heavy (non-hydrogen) atoms. The van der Waals surface area contributed by atoms with Gasteiger partial charge in [0.05, 0.1) is 16.9 Å². The maximum Gasteiger partial charge on any atom is 0.208 e. The van der Waals surface area contributed by atoms with Crippen molar-refractivity contribution >= 4 is 11.4 Å². The number of hydrogen-bond acceptors (Lipinski definition) is 5. The molecule has 0 saturated carbocycles. The Balaban J connectivity index is 1.35. The number of aryl methyl sites for hydroxylation is 2. The maximum absolute atomic E-state index is 11.5. The molecule has 0 saturated heterocycles. The van der Waals surface area contributed by atoms with Gasteiger partial charge in [0.1, 0.15) is 17.2 Å². The smallest absolute Gasteiger partial charge is 0.208 e. The average molecular weight is 561 g/mol. The van der Waals surface area contributed by atoms with Crippen molar-refractivity contribution in [3.8, 4) is 28.4 Å². The summed E-state index contributed by atoms with van der Waals surface area (Å²) in [6.07, 6.45) is 4.13. The lowest BCUT2D eigenvalue weighted by atomic mass is 9.70. The van der Waals surface area contributed by atoms with Crippen molar-refractivity contribution in [3.05, 3.63) is 100 Å². The highest BCUT2D eigenvalue weighted by Crippen LogP contribution is 2.57. The second-order valence-corrected chi connectivity index (χ2v) is 12.8. The molecule has 3 aliphatic rings. The van der Waals surface area contributed by atoms with Gasteiger partial charge in [-0.25, -0.2) is 0 Å². The largest absolute Gasteiger partial charge is 0.507 e. The first-order valence-corrected chi connectivity index (χ1v) is 15.3. The Hall–Kier alpha value is -4.12. The third-order valence-corrected chi connectivity index (χ3v) is 9.54. The van der Waals surface area contributed by atoms with E-state index in [1.807, 2.05) is 25.1 Å². The monoisotopic (exact) mass is 560 g/mol. The second-order valence-electron chi connectivity index (χ2n) is 12.8. The summed E-state index contributed by atoms with van der Waals surface area (Å²) in [7, 11) is 0. The van der Waals surface area contributed by atoms with Gasteiger partial charge in [-0.05, 0) is 116 Å². The van der Waals surface area contributed by atoms with Crippen LogP contribution in [0.15, 0.2) is 66.7 Å². The zero-order chi connectivity index (χ0) is 29.4. The van der Waals surface area contributed by atoms with Gasteiger partial charge in [0.25, 0.3) is 0 Å². The topological polar surface area (TPSA) is 62.8 Å². The van der Waals surface area contributed by atoms with Crippen LogP contribution in [0.1, 0.15) is 86.8 Å². The quantitative estimate of drug-likeness (QED) is 0.219. The van der Waals surface area contributed by atoms with Gasteiger partial charge in [0.15, 0.2) is 0 Å². The molecule has 4 aromatic rings. The van der Waals surface area contributed by atoms with Crippen LogP contribution in [0.2, 0.25) is 0 Å². The molecule has 0 radical (unpaired) electrons. The van der Waals surface area contributed by atoms with E-state index in [0.717, 1.165) is 70.8 Å². The first-order valence-electron chi connectivity index (χ1n) is 15.3. The molecule has 2 heterocycles. The Morgan fingerprint density at radius 1 is 0.643 bits per heavy atom. The Labute approximate surface area is 248 Å². The summed E-state index contributed by atoms with van der Waals surface area (Å²) in [4.78, 5) is 0. The van der Waals surface area contributed by atoms with Crippen molar-refractivity contribution in [2.24, 2.45) is 0 Å². The van der Waals surface area contributed by atoms with Crippen molar-refractivity contribution in [3.63, 3.8) is 0 Å². The molecule has 2 aliphatic heterocycles. The number of anilines is 2. The summed E-state index contributed by atoms with van der Waals surface area (Å²) < 4.78 is 13.0. The molecule has 0 amide bonds. The first kappa shape index (κ1) is 26.8. The standard InChI is InChI=1S/C37H40N2O3/c1-7-15-37(16-8-2)27-19-24(35(5)38-30-17-22(3)9-13-33(30)41-35)11-12-25(27)26-20-32(40)29(21-28(26)37)36(6)39-31-18-23(4)10-14-34(31)42-36/h9-14,17-21,38-40H,7-8,15-16H2,1-6H3. The maximum atomic E-state index is 11.5. The fraction of sp³-hybridized carbons (Fsp3) is 0.351. The van der Waals surface area contributed by atoms with Crippen LogP contribution in [-0.2, 0) is 16.9 Å². The highest BCUT2D eigenvalue weighted by Gasteiger charge is 2.47. The number of fused-ring (bicyclic) bond motifs is 5. The van der Waals surface area contributed by atoms with Crippen LogP contribution < -0.4 is 20.1 Å². The lowest BCUT2D eigenvalue weighted by Crippen LogP contribution is -2.35. The Morgan fingerprint density at radius 3 is 1.83 bits per heavy atom. The molecule has 2 atom stereocenters. The van der Waals surface area contributed by atoms with Crippen LogP contribution in [0.25, 0.3) is 11.1 Å². The van der Waals surface area contributed by atoms with Crippen molar-refractivity contribution in [2.75, 3.05) is 10.6 Å². The zero-order valence-electron chi connectivity index (χ0n) is 25.4. The Morgan fingerprint density at radius 2 is 1.21 bits per heavy atom. The SMILES string of the molecule is CCCC1(CCC)c2cc(C3(C)Nc4cc(C)ccc4O3)ccc2-c2cc(O)c(C3(C)Nc4cc(C)ccc4O3)cc21. The predicted octanol–water partition coefficient (Wildman–Crippen LogP) is 9.23. The number of aromatic hydroxyl groups is 1. The summed E-state index contributed by atoms with van der Waals surface area (Å²) in [6.45, 7) is 12.8. The zero-order valence-corrected chi connectivity index (χ0v) is 25.4. The van der Waals surface area contributed by atoms with Gasteiger partial charge in [-0.3, -0.25) is 0 Å². The molecule has 0 aromatic heterocycles. The third-order valence-electron chi connectivity index (χ3n) is 9.54. The first-order chi connectivity index (χ1) is 20.1. The Kier molecular flexibility index (Phi) is 5.85. The lowest BCUT2D eigenvalue weighted by molar-refractivity contribution is 0.136. The van der Waals surface area contributed by atoms with E-state index in [1.54, 1.807) is 0 Å². The lowest BCUT2D eigenvalue weighted by Gasteiger charge is -2.34. The normalized spacial score (nSPS) is 22.2. The minimum Gasteiger partial charge on any atom is -0.507 e. The fourth-order valence-electron chi connectivity index (χ4n) is 7.64. The van der Waals surface area contributed by atoms with Crippen LogP contribution >= 0.6 is 0 Å². The van der Waals surface area contributed by atoms with Crippen LogP contribution in [0.5, 0.6) is 17.2 Å². The highest BCUT2D eigenvalue weighted by molar-refractivity contribution is 5.84. The fourth-order valence-corrected chi connectivity index (χ4v) is 7.64. The Bertz CT molecular complexity index is 1740. The second kappa shape index (κ2) is 9.19. The molecule has 5 nitrogen and oxygen atoms in total. The molecule has 4 aromatic carbocycles. The molecule has 0 bridgehead atoms. The van der Waals surface area contributed by atoms with Gasteiger partial charge in [-0.15, -0.1) is 0 Å². The van der Waals surface area contributed by atoms with Gasteiger partial charge < -0.3 is 25.2 Å². The number of phenols is 1. The summed E-state index contributed by atoms with van der Waals surface area (Å²) >= 11 is 0. The molecule has 7 rings (SSSR count). The number of rotatable bonds is 6. The van der Waals surface area contributed by atoms with Crippen LogP contribution in [0, 0.1) is 13.8 Å². The molecule has 2 unspecified atom stereocenters. The summed E-state index contributed by atoms with van der Waals surface area (Å²) in [5.41, 5.74) is 9.37. The van der Waals surface area contributed by atoms with E-state index >= 15 is 0 Å². The van der Waals surface area contributed by atoms with E-state index in [1.165, 1.54) is 22.3 Å². The van der Waals surface area contributed by atoms with E-state index in [9.17, 15) is 5.11 Å². The number of benzene rings is 4. The van der Waals surface area contributed by atoms with Crippen molar-refractivity contribution in [1.82, 2.24) is 0 Å². The van der Waals surface area contributed by atoms with E-state index < -0.39 is 11.4 Å². The average Bonchev–Trinajstić information content (AvgIpc) is 3.55. The summed E-state index contributed by atoms with van der Waals surface area (Å²) in [6, 6.07) is 23.4. The summed E-state index contributed by atoms with van der Waals surface area (Å²) in [5, 5.41) is 18.8. The number of nitrogens with one attached hydrogen (secondary N) is 2. The van der Waals surface area contributed by atoms with Gasteiger partial charge in [0.2, 0.25) is 11.4 Å². The van der Waals surface area contributed by atoms with Gasteiger partial charge in [-0.2, -0.15) is 0 Å². The minimum atomic E-state index is -0.877. The van der Waals surface area contributed by atoms with Crippen LogP contribution in [-0.4, -0.2) is 5.11 Å². The number of phenolic OH excluding ortho intramolecular Hbond substituents is 1. The summed E-state index contributed by atoms with van der Waals surface area (Å²) in [5.74, 6) is 1.92. The molecule has 3 N–H and O–H groups in total. The minimum absolute atomic E-state index is 0.177. The molecular formula is C37H40N2O3. The molecule has 1 aliphatic carbocycles. The predicted molar refractivity (Wildman–Crippen MR) is 170 cm³/mol. The van der Waals surface area contributed by atoms with Crippen LogP contribution in [0.4, 0.5) is 11.4 Å². The molecule has 0 spiro atoms. The molecule has 0 fully saturated rings. The third kappa shape index (κ3) is 3.82. The van der Waals surface area contributed by atoms with E-state index in [-0.39, 0.29) is 11.2 Å². The van der Waals surface area contributed by atoms with Gasteiger partial charge in [-0.1, -0.05) is 51.0 Å². The van der Waals surface area contributed by atoms with E-state index in [4.69, 9.17) is 9.47 Å². The van der Waals surface area contributed by atoms with E-state index in [0.29, 0.717) is 0 Å². The van der Waals surface area contributed by atoms with E-state index in [2.05, 4.69) is 93.8 Å². The highest BCUT2D eigenvalue weighted by atomic mass is 16.5. The molecular weight excluding hydrogens is 520 g/mol. The van der Waals surface area contributed by atoms with Gasteiger partial charge in [0, 0.05) is 11.0 Å². The molecule has 5 heteroatoms. The van der Waals surface area contributed by atoms with Crippen molar-refractivity contribution < 1.29 is 14.6 Å². The number of ether oxygens (including phenoxy) is 2. The number of hydrogen-bond donors (Lipinski definition) is 3. The van der Waals surface area contributed by atoms with Crippen molar-refractivity contribution in [2.45, 2.75) is 84.1 Å². The van der Waals surface area contributed by atoms with Crippen LogP contribution in [0.3, 0.4) is 0 Å².